The average molecular weight is 438 g/mol. The van der Waals surface area contributed by atoms with Gasteiger partial charge in [-0.05, 0) is 39.3 Å². The number of hydrogen-bond acceptors (Lipinski definition) is 3. The summed E-state index contributed by atoms with van der Waals surface area (Å²) < 4.78 is 5.70. The van der Waals surface area contributed by atoms with Crippen molar-refractivity contribution in [1.29, 1.82) is 0 Å². The minimum absolute atomic E-state index is 0. The fourth-order valence-corrected chi connectivity index (χ4v) is 3.84. The monoisotopic (exact) mass is 438 g/mol. The van der Waals surface area contributed by atoms with Crippen LogP contribution in [0.25, 0.3) is 0 Å². The molecule has 2 aliphatic rings. The molecule has 0 amide bonds. The van der Waals surface area contributed by atoms with Crippen molar-refractivity contribution in [1.82, 2.24) is 15.5 Å². The van der Waals surface area contributed by atoms with Gasteiger partial charge in [0.05, 0.1) is 5.60 Å². The van der Waals surface area contributed by atoms with Crippen LogP contribution in [0.1, 0.15) is 47.0 Å². The van der Waals surface area contributed by atoms with Crippen molar-refractivity contribution in [2.24, 2.45) is 10.4 Å². The number of ether oxygens (including phenoxy) is 1. The number of halogens is 1. The predicted molar refractivity (Wildman–Crippen MR) is 108 cm³/mol. The highest BCUT2D eigenvalue weighted by Crippen LogP contribution is 2.51. The molecule has 0 aromatic rings. The van der Waals surface area contributed by atoms with Gasteiger partial charge in [-0.2, -0.15) is 0 Å². The van der Waals surface area contributed by atoms with E-state index in [0.29, 0.717) is 12.1 Å². The molecule has 0 bridgehead atoms. The summed E-state index contributed by atoms with van der Waals surface area (Å²) in [5.74, 6) is 0.916. The second kappa shape index (κ2) is 8.34. The normalized spacial score (nSPS) is 33.7. The Morgan fingerprint density at radius 2 is 2.04 bits per heavy atom. The summed E-state index contributed by atoms with van der Waals surface area (Å²) in [7, 11) is 3.66. The first-order valence-corrected chi connectivity index (χ1v) is 8.64. The van der Waals surface area contributed by atoms with Crippen LogP contribution in [0, 0.1) is 5.41 Å². The molecule has 1 heterocycles. The lowest BCUT2D eigenvalue weighted by atomic mass is 9.56. The van der Waals surface area contributed by atoms with E-state index in [-0.39, 0.29) is 35.0 Å². The maximum Gasteiger partial charge on any atom is 0.191 e. The molecule has 0 aromatic heterocycles. The lowest BCUT2D eigenvalue weighted by Gasteiger charge is -2.59. The summed E-state index contributed by atoms with van der Waals surface area (Å²) >= 11 is 0. The number of methoxy groups -OCH3 is 1. The first-order chi connectivity index (χ1) is 10.4. The summed E-state index contributed by atoms with van der Waals surface area (Å²) in [6.45, 7) is 12.3. The van der Waals surface area contributed by atoms with Crippen LogP contribution in [-0.2, 0) is 4.74 Å². The molecule has 136 valence electrons. The van der Waals surface area contributed by atoms with Gasteiger partial charge in [0.15, 0.2) is 5.96 Å². The molecule has 23 heavy (non-hydrogen) atoms. The van der Waals surface area contributed by atoms with Crippen LogP contribution in [0.15, 0.2) is 4.99 Å². The molecule has 3 unspecified atom stereocenters. The Balaban J connectivity index is 0.00000264. The molecule has 2 rings (SSSR count). The Morgan fingerprint density at radius 3 is 2.57 bits per heavy atom. The lowest BCUT2D eigenvalue weighted by Crippen LogP contribution is -2.69. The van der Waals surface area contributed by atoms with Gasteiger partial charge in [0.1, 0.15) is 0 Å². The number of hydrogen-bond donors (Lipinski definition) is 2. The van der Waals surface area contributed by atoms with Crippen molar-refractivity contribution in [3.63, 3.8) is 0 Å². The number of aliphatic imine (C=N–C) groups is 1. The molecule has 0 aromatic carbocycles. The van der Waals surface area contributed by atoms with Crippen molar-refractivity contribution in [2.45, 2.75) is 64.6 Å². The number of rotatable bonds is 5. The van der Waals surface area contributed by atoms with Crippen LogP contribution >= 0.6 is 24.0 Å². The van der Waals surface area contributed by atoms with Gasteiger partial charge in [-0.3, -0.25) is 9.89 Å². The van der Waals surface area contributed by atoms with Gasteiger partial charge in [0.25, 0.3) is 0 Å². The van der Waals surface area contributed by atoms with Crippen LogP contribution in [0.4, 0.5) is 0 Å². The van der Waals surface area contributed by atoms with E-state index in [2.05, 4.69) is 48.2 Å². The second-order valence-electron chi connectivity index (χ2n) is 7.44. The van der Waals surface area contributed by atoms with Crippen molar-refractivity contribution in [3.05, 3.63) is 0 Å². The van der Waals surface area contributed by atoms with Gasteiger partial charge >= 0.3 is 0 Å². The van der Waals surface area contributed by atoms with Crippen LogP contribution < -0.4 is 10.6 Å². The third-order valence-electron chi connectivity index (χ3n) is 6.22. The van der Waals surface area contributed by atoms with Crippen LogP contribution in [0.5, 0.6) is 0 Å². The summed E-state index contributed by atoms with van der Waals surface area (Å²) in [5.41, 5.74) is 0.0517. The molecular weight excluding hydrogens is 403 g/mol. The molecule has 1 aliphatic heterocycles. The van der Waals surface area contributed by atoms with Crippen molar-refractivity contribution >= 4 is 29.9 Å². The summed E-state index contributed by atoms with van der Waals surface area (Å²) in [5, 5.41) is 7.09. The van der Waals surface area contributed by atoms with Gasteiger partial charge in [0.2, 0.25) is 0 Å². The Labute approximate surface area is 159 Å². The fraction of sp³-hybridized carbons (Fsp3) is 0.941. The lowest BCUT2D eigenvalue weighted by molar-refractivity contribution is -0.176. The number of nitrogens with one attached hydrogen (secondary N) is 2. The van der Waals surface area contributed by atoms with Crippen molar-refractivity contribution in [2.75, 3.05) is 33.8 Å². The molecule has 2 N–H and O–H groups in total. The third-order valence-corrected chi connectivity index (χ3v) is 6.22. The van der Waals surface area contributed by atoms with E-state index in [9.17, 15) is 0 Å². The molecule has 0 spiro atoms. The van der Waals surface area contributed by atoms with E-state index < -0.39 is 0 Å². The van der Waals surface area contributed by atoms with E-state index in [1.807, 2.05) is 14.2 Å². The number of likely N-dealkylation sites (N-methyl/N-ethyl adjacent to an activating group) is 1. The van der Waals surface area contributed by atoms with Crippen LogP contribution in [0.2, 0.25) is 0 Å². The van der Waals surface area contributed by atoms with Crippen LogP contribution in [0.3, 0.4) is 0 Å². The van der Waals surface area contributed by atoms with Gasteiger partial charge in [0, 0.05) is 38.2 Å². The van der Waals surface area contributed by atoms with Gasteiger partial charge in [-0.25, -0.2) is 0 Å². The Morgan fingerprint density at radius 1 is 1.35 bits per heavy atom. The van der Waals surface area contributed by atoms with E-state index >= 15 is 0 Å². The van der Waals surface area contributed by atoms with Crippen molar-refractivity contribution in [3.8, 4) is 0 Å². The molecule has 0 radical (unpaired) electrons. The maximum atomic E-state index is 5.70. The number of guanidine groups is 1. The molecule has 3 atom stereocenters. The minimum atomic E-state index is -0.0476. The molecular formula is C17H35IN4O. The molecule has 1 saturated carbocycles. The number of likely N-dealkylation sites (tertiary alicyclic amines) is 1. The molecule has 1 saturated heterocycles. The average Bonchev–Trinajstić information content (AvgIpc) is 2.97. The quantitative estimate of drug-likeness (QED) is 0.394. The molecule has 5 nitrogen and oxygen atoms in total. The zero-order chi connectivity index (χ0) is 16.4. The molecule has 1 aliphatic carbocycles. The minimum Gasteiger partial charge on any atom is -0.378 e. The SMILES string of the molecule is CCN1CCCC1CNC(=NC)NC1CC(C)(OC)C1(C)C.I. The summed E-state index contributed by atoms with van der Waals surface area (Å²) in [6, 6.07) is 1.04. The zero-order valence-corrected chi connectivity index (χ0v) is 17.9. The van der Waals surface area contributed by atoms with Crippen LogP contribution in [-0.4, -0.2) is 62.3 Å². The topological polar surface area (TPSA) is 48.9 Å². The van der Waals surface area contributed by atoms with Crippen molar-refractivity contribution < 1.29 is 4.74 Å². The summed E-state index contributed by atoms with van der Waals surface area (Å²) in [4.78, 5) is 6.95. The molecule has 2 fully saturated rings. The fourth-order valence-electron chi connectivity index (χ4n) is 3.84. The third kappa shape index (κ3) is 4.12. The molecule has 6 heteroatoms. The first kappa shape index (κ1) is 21.0. The van der Waals surface area contributed by atoms with Gasteiger partial charge < -0.3 is 15.4 Å². The smallest absolute Gasteiger partial charge is 0.191 e. The Kier molecular flexibility index (Phi) is 7.60. The van der Waals surface area contributed by atoms with E-state index in [4.69, 9.17) is 4.74 Å². The highest BCUT2D eigenvalue weighted by atomic mass is 127. The standard InChI is InChI=1S/C17H34N4O.HI/c1-7-21-10-8-9-13(21)12-19-15(18-5)20-14-11-17(4,22-6)16(14,2)3;/h13-14H,7-12H2,1-6H3,(H2,18,19,20);1H. The Bertz CT molecular complexity index is 415. The largest absolute Gasteiger partial charge is 0.378 e. The van der Waals surface area contributed by atoms with Gasteiger partial charge in [-0.15, -0.1) is 24.0 Å². The number of nitrogens with zero attached hydrogens (tertiary/aromatic N) is 2. The first-order valence-electron chi connectivity index (χ1n) is 8.64. The maximum absolute atomic E-state index is 5.70. The van der Waals surface area contributed by atoms with E-state index in [1.54, 1.807) is 0 Å². The second-order valence-corrected chi connectivity index (χ2v) is 7.44. The summed E-state index contributed by atoms with van der Waals surface area (Å²) in [6.07, 6.45) is 3.62. The van der Waals surface area contributed by atoms with Gasteiger partial charge in [-0.1, -0.05) is 20.8 Å². The predicted octanol–water partition coefficient (Wildman–Crippen LogP) is 2.46. The highest BCUT2D eigenvalue weighted by molar-refractivity contribution is 14.0. The van der Waals surface area contributed by atoms with E-state index in [0.717, 1.165) is 25.5 Å². The van der Waals surface area contributed by atoms with E-state index in [1.165, 1.54) is 19.4 Å². The zero-order valence-electron chi connectivity index (χ0n) is 15.6. The Hall–Kier alpha value is -0.0800. The highest BCUT2D eigenvalue weighted by Gasteiger charge is 2.58.